The second-order valence-corrected chi connectivity index (χ2v) is 12.3. The number of nitrogens with one attached hydrogen (secondary N) is 2. The lowest BCUT2D eigenvalue weighted by atomic mass is 10.1. The van der Waals surface area contributed by atoms with Crippen LogP contribution in [0.3, 0.4) is 0 Å². The average molecular weight is 610 g/mol. The molecule has 190 valence electrons. The number of carbonyl (C=O) groups is 3. The molecule has 2 saturated carbocycles. The highest BCUT2D eigenvalue weighted by atomic mass is 35.5. The molecular formula is C24H19Cl6N3O3. The molecule has 0 bridgehead atoms. The fourth-order valence-electron chi connectivity index (χ4n) is 4.42. The molecule has 0 aromatic heterocycles. The molecule has 2 aliphatic carbocycles. The highest BCUT2D eigenvalue weighted by Gasteiger charge is 2.67. The van der Waals surface area contributed by atoms with Gasteiger partial charge >= 0.3 is 0 Å². The zero-order valence-electron chi connectivity index (χ0n) is 18.5. The molecule has 0 spiro atoms. The van der Waals surface area contributed by atoms with Crippen molar-refractivity contribution >= 4 is 93.0 Å². The number of halogens is 6. The van der Waals surface area contributed by atoms with E-state index < -0.39 is 28.0 Å². The Morgan fingerprint density at radius 1 is 0.917 bits per heavy atom. The summed E-state index contributed by atoms with van der Waals surface area (Å²) in [7, 11) is 0. The topological polar surface area (TPSA) is 78.5 Å². The summed E-state index contributed by atoms with van der Waals surface area (Å²) in [5, 5.41) is 6.53. The fraction of sp³-hybridized carbons (Fsp3) is 0.375. The fourth-order valence-corrected chi connectivity index (χ4v) is 6.07. The van der Waals surface area contributed by atoms with Crippen LogP contribution in [0.5, 0.6) is 0 Å². The molecule has 2 atom stereocenters. The lowest BCUT2D eigenvalue weighted by Crippen LogP contribution is -2.61. The molecule has 1 saturated heterocycles. The third-order valence-electron chi connectivity index (χ3n) is 6.63. The van der Waals surface area contributed by atoms with Gasteiger partial charge in [-0.2, -0.15) is 0 Å². The lowest BCUT2D eigenvalue weighted by molar-refractivity contribution is -0.137. The highest BCUT2D eigenvalue weighted by molar-refractivity contribution is 6.54. The Hall–Kier alpha value is -1.41. The van der Waals surface area contributed by atoms with Gasteiger partial charge in [-0.15, -0.1) is 23.2 Å². The Labute approximate surface area is 237 Å². The Balaban J connectivity index is 1.23. The van der Waals surface area contributed by atoms with Gasteiger partial charge in [0.15, 0.2) is 0 Å². The molecule has 3 amide bonds. The van der Waals surface area contributed by atoms with Crippen LogP contribution >= 0.6 is 69.6 Å². The van der Waals surface area contributed by atoms with Crippen molar-refractivity contribution in [2.24, 2.45) is 11.8 Å². The van der Waals surface area contributed by atoms with E-state index in [0.29, 0.717) is 24.3 Å². The van der Waals surface area contributed by atoms with Crippen LogP contribution in [0, 0.1) is 11.8 Å². The van der Waals surface area contributed by atoms with Crippen LogP contribution in [0.4, 0.5) is 5.69 Å². The van der Waals surface area contributed by atoms with E-state index in [1.165, 1.54) is 12.1 Å². The number of hydrogen-bond acceptors (Lipinski definition) is 3. The number of likely N-dealkylation sites (tertiary alicyclic amines) is 1. The number of anilines is 1. The van der Waals surface area contributed by atoms with E-state index in [9.17, 15) is 14.4 Å². The van der Waals surface area contributed by atoms with Crippen molar-refractivity contribution in [1.82, 2.24) is 10.2 Å². The van der Waals surface area contributed by atoms with Gasteiger partial charge in [-0.1, -0.05) is 46.4 Å². The summed E-state index contributed by atoms with van der Waals surface area (Å²) >= 11 is 37.4. The third kappa shape index (κ3) is 5.01. The largest absolute Gasteiger partial charge is 0.346 e. The molecular weight excluding hydrogens is 591 g/mol. The van der Waals surface area contributed by atoms with Crippen LogP contribution in [0.2, 0.25) is 20.1 Å². The van der Waals surface area contributed by atoms with Crippen molar-refractivity contribution in [2.75, 3.05) is 18.4 Å². The Bertz CT molecular complexity index is 1250. The highest BCUT2D eigenvalue weighted by Crippen LogP contribution is 2.65. The summed E-state index contributed by atoms with van der Waals surface area (Å²) < 4.78 is -1.37. The van der Waals surface area contributed by atoms with Crippen LogP contribution in [0.15, 0.2) is 30.3 Å². The molecule has 2 N–H and O–H groups in total. The minimum Gasteiger partial charge on any atom is -0.346 e. The average Bonchev–Trinajstić information content (AvgIpc) is 3.70. The summed E-state index contributed by atoms with van der Waals surface area (Å²) in [5.41, 5.74) is 1.15. The van der Waals surface area contributed by atoms with Gasteiger partial charge in [0.05, 0.1) is 37.6 Å². The summed E-state index contributed by atoms with van der Waals surface area (Å²) in [5.74, 6) is -1.86. The zero-order valence-corrected chi connectivity index (χ0v) is 23.0. The monoisotopic (exact) mass is 607 g/mol. The molecule has 2 aromatic rings. The molecule has 3 fully saturated rings. The molecule has 36 heavy (non-hydrogen) atoms. The molecule has 1 aliphatic heterocycles. The summed E-state index contributed by atoms with van der Waals surface area (Å²) in [6.45, 7) is 0.953. The molecule has 3 aliphatic rings. The minimum absolute atomic E-state index is 0.145. The number of hydrogen-bond donors (Lipinski definition) is 2. The van der Waals surface area contributed by atoms with Gasteiger partial charge in [-0.3, -0.25) is 14.4 Å². The summed E-state index contributed by atoms with van der Waals surface area (Å²) in [4.78, 5) is 39.7. The van der Waals surface area contributed by atoms with Gasteiger partial charge in [0, 0.05) is 30.6 Å². The number of carbonyl (C=O) groups excluding carboxylic acids is 3. The minimum atomic E-state index is -1.37. The molecule has 2 unspecified atom stereocenters. The van der Waals surface area contributed by atoms with Gasteiger partial charge in [0.2, 0.25) is 11.8 Å². The maximum atomic E-state index is 13.0. The predicted molar refractivity (Wildman–Crippen MR) is 143 cm³/mol. The van der Waals surface area contributed by atoms with E-state index in [1.54, 1.807) is 23.1 Å². The standard InChI is InChI=1S/C24H19Cl6N3O3/c25-15-4-3-12(7-14(15)21(34)32-13-8-33(9-13)23(36)10-1-2-10)31-22(35)19-18(24(19,29)30)11-5-16(26)20(28)17(27)6-11/h3-7,10,13,18-19H,1-2,8-9H2,(H,31,35)(H,32,34). The van der Waals surface area contributed by atoms with E-state index in [4.69, 9.17) is 69.6 Å². The third-order valence-corrected chi connectivity index (χ3v) is 9.10. The van der Waals surface area contributed by atoms with E-state index in [1.807, 2.05) is 0 Å². The van der Waals surface area contributed by atoms with Crippen LogP contribution in [-0.4, -0.2) is 46.1 Å². The molecule has 0 radical (unpaired) electrons. The van der Waals surface area contributed by atoms with Gasteiger partial charge in [0.1, 0.15) is 4.33 Å². The maximum absolute atomic E-state index is 13.0. The van der Waals surface area contributed by atoms with Gasteiger partial charge in [-0.05, 0) is 48.7 Å². The SMILES string of the molecule is O=C(NC1CN(C(=O)C2CC2)C1)c1cc(NC(=O)C2C(c3cc(Cl)c(Cl)c(Cl)c3)C2(Cl)Cl)ccc1Cl. The number of amides is 3. The zero-order chi connectivity index (χ0) is 25.9. The molecule has 5 rings (SSSR count). The first-order valence-electron chi connectivity index (χ1n) is 11.2. The second-order valence-electron chi connectivity index (χ2n) is 9.30. The van der Waals surface area contributed by atoms with Crippen molar-refractivity contribution in [3.05, 3.63) is 61.5 Å². The van der Waals surface area contributed by atoms with E-state index in [0.717, 1.165) is 12.8 Å². The number of benzene rings is 2. The van der Waals surface area contributed by atoms with E-state index >= 15 is 0 Å². The number of alkyl halides is 2. The van der Waals surface area contributed by atoms with Crippen LogP contribution < -0.4 is 10.6 Å². The molecule has 6 nitrogen and oxygen atoms in total. The normalized spacial score (nSPS) is 22.6. The van der Waals surface area contributed by atoms with Gasteiger partial charge in [-0.25, -0.2) is 0 Å². The quantitative estimate of drug-likeness (QED) is 0.303. The van der Waals surface area contributed by atoms with E-state index in [2.05, 4.69) is 10.6 Å². The van der Waals surface area contributed by atoms with Crippen molar-refractivity contribution in [2.45, 2.75) is 29.1 Å². The van der Waals surface area contributed by atoms with Gasteiger partial charge in [0.25, 0.3) is 5.91 Å². The first-order valence-corrected chi connectivity index (χ1v) is 13.5. The Morgan fingerprint density at radius 2 is 1.56 bits per heavy atom. The second kappa shape index (κ2) is 9.72. The van der Waals surface area contributed by atoms with E-state index in [-0.39, 0.29) is 43.5 Å². The number of nitrogens with zero attached hydrogens (tertiary/aromatic N) is 1. The lowest BCUT2D eigenvalue weighted by Gasteiger charge is -2.39. The summed E-state index contributed by atoms with van der Waals surface area (Å²) in [6, 6.07) is 7.60. The first kappa shape index (κ1) is 26.2. The van der Waals surface area contributed by atoms with Crippen molar-refractivity contribution in [3.8, 4) is 0 Å². The first-order chi connectivity index (χ1) is 17.0. The Morgan fingerprint density at radius 3 is 2.17 bits per heavy atom. The molecule has 1 heterocycles. The van der Waals surface area contributed by atoms with Crippen LogP contribution in [-0.2, 0) is 9.59 Å². The molecule has 12 heteroatoms. The van der Waals surface area contributed by atoms with Crippen LogP contribution in [0.1, 0.15) is 34.7 Å². The molecule has 2 aromatic carbocycles. The predicted octanol–water partition coefficient (Wildman–Crippen LogP) is 6.18. The van der Waals surface area contributed by atoms with Crippen molar-refractivity contribution < 1.29 is 14.4 Å². The summed E-state index contributed by atoms with van der Waals surface area (Å²) in [6.07, 6.45) is 1.88. The van der Waals surface area contributed by atoms with Crippen molar-refractivity contribution in [3.63, 3.8) is 0 Å². The van der Waals surface area contributed by atoms with Crippen LogP contribution in [0.25, 0.3) is 0 Å². The van der Waals surface area contributed by atoms with Gasteiger partial charge < -0.3 is 15.5 Å². The Kier molecular flexibility index (Phi) is 7.07. The number of rotatable bonds is 6. The maximum Gasteiger partial charge on any atom is 0.253 e. The van der Waals surface area contributed by atoms with Crippen molar-refractivity contribution in [1.29, 1.82) is 0 Å². The smallest absolute Gasteiger partial charge is 0.253 e.